The van der Waals surface area contributed by atoms with Crippen LogP contribution in [0.3, 0.4) is 0 Å². The Labute approximate surface area is 121 Å². The monoisotopic (exact) mass is 270 g/mol. The second-order valence-corrected chi connectivity index (χ2v) is 4.64. The van der Waals surface area contributed by atoms with E-state index in [1.165, 1.54) is 0 Å². The summed E-state index contributed by atoms with van der Waals surface area (Å²) in [5.41, 5.74) is 1.48. The second-order valence-electron chi connectivity index (χ2n) is 4.64. The van der Waals surface area contributed by atoms with Gasteiger partial charge in [-0.2, -0.15) is 5.26 Å². The van der Waals surface area contributed by atoms with Crippen molar-refractivity contribution in [2.75, 3.05) is 11.9 Å². The molecule has 0 heterocycles. The molecule has 1 rings (SSSR count). The highest BCUT2D eigenvalue weighted by molar-refractivity contribution is 5.54. The summed E-state index contributed by atoms with van der Waals surface area (Å²) in [4.78, 5) is 1.83. The first kappa shape index (κ1) is 16.0. The molecule has 1 aromatic carbocycles. The summed E-state index contributed by atoms with van der Waals surface area (Å²) in [6.45, 7) is 3.85. The first-order valence-corrected chi connectivity index (χ1v) is 6.85. The Balaban J connectivity index is 3.04. The van der Waals surface area contributed by atoms with E-state index in [-0.39, 0.29) is 5.92 Å². The quantitative estimate of drug-likeness (QED) is 0.636. The number of benzene rings is 1. The number of rotatable bonds is 6. The lowest BCUT2D eigenvalue weighted by Gasteiger charge is -2.21. The second kappa shape index (κ2) is 8.19. The topological polar surface area (TPSA) is 47.3 Å². The van der Waals surface area contributed by atoms with Crippen molar-refractivity contribution < 1.29 is 5.11 Å². The van der Waals surface area contributed by atoms with Crippen molar-refractivity contribution >= 4 is 5.69 Å². The predicted molar refractivity (Wildman–Crippen MR) is 83.1 cm³/mol. The smallest absolute Gasteiger partial charge is 0.117 e. The Morgan fingerprint density at radius 2 is 2.05 bits per heavy atom. The van der Waals surface area contributed by atoms with Gasteiger partial charge in [0.25, 0.3) is 0 Å². The standard InChI is InChI=1S/C17H22N2O/c1-4-9-14(17(20)5-2)12-16(13-18)19(3)15-10-7-6-8-11-15/h4,6-12,14,17,20H,5H2,1-3H3/b9-4-,16-12+. The van der Waals surface area contributed by atoms with E-state index in [1.807, 2.05) is 74.4 Å². The van der Waals surface area contributed by atoms with Crippen LogP contribution in [0.2, 0.25) is 0 Å². The number of hydrogen-bond donors (Lipinski definition) is 1. The van der Waals surface area contributed by atoms with Crippen LogP contribution in [0, 0.1) is 17.2 Å². The minimum Gasteiger partial charge on any atom is -0.392 e. The Morgan fingerprint density at radius 3 is 2.55 bits per heavy atom. The normalized spacial score (nSPS) is 14.8. The van der Waals surface area contributed by atoms with Crippen molar-refractivity contribution in [3.63, 3.8) is 0 Å². The zero-order chi connectivity index (χ0) is 15.0. The number of anilines is 1. The van der Waals surface area contributed by atoms with Crippen molar-refractivity contribution in [1.82, 2.24) is 0 Å². The molecule has 2 atom stereocenters. The van der Waals surface area contributed by atoms with E-state index < -0.39 is 6.10 Å². The van der Waals surface area contributed by atoms with Crippen LogP contribution in [0.1, 0.15) is 20.3 Å². The summed E-state index contributed by atoms with van der Waals surface area (Å²) >= 11 is 0. The zero-order valence-corrected chi connectivity index (χ0v) is 12.3. The highest BCUT2D eigenvalue weighted by atomic mass is 16.3. The fourth-order valence-electron chi connectivity index (χ4n) is 1.99. The van der Waals surface area contributed by atoms with Crippen LogP contribution in [0.4, 0.5) is 5.69 Å². The van der Waals surface area contributed by atoms with Crippen molar-refractivity contribution in [3.8, 4) is 6.07 Å². The van der Waals surface area contributed by atoms with Crippen molar-refractivity contribution in [2.24, 2.45) is 5.92 Å². The van der Waals surface area contributed by atoms with Gasteiger partial charge in [0.15, 0.2) is 0 Å². The van der Waals surface area contributed by atoms with Gasteiger partial charge in [0.05, 0.1) is 6.10 Å². The maximum absolute atomic E-state index is 10.0. The molecule has 3 heteroatoms. The van der Waals surface area contributed by atoms with Crippen LogP contribution in [-0.4, -0.2) is 18.3 Å². The van der Waals surface area contributed by atoms with Crippen LogP contribution in [0.15, 0.2) is 54.3 Å². The lowest BCUT2D eigenvalue weighted by Crippen LogP contribution is -2.20. The van der Waals surface area contributed by atoms with Crippen LogP contribution in [0.25, 0.3) is 0 Å². The number of nitrogens with zero attached hydrogens (tertiary/aromatic N) is 2. The lowest BCUT2D eigenvalue weighted by molar-refractivity contribution is 0.144. The molecule has 2 unspecified atom stereocenters. The molecule has 20 heavy (non-hydrogen) atoms. The maximum Gasteiger partial charge on any atom is 0.117 e. The average Bonchev–Trinajstić information content (AvgIpc) is 2.50. The molecule has 1 aromatic rings. The molecule has 0 spiro atoms. The summed E-state index contributed by atoms with van der Waals surface area (Å²) in [5, 5.41) is 19.4. The predicted octanol–water partition coefficient (Wildman–Crippen LogP) is 3.49. The largest absolute Gasteiger partial charge is 0.392 e. The van der Waals surface area contributed by atoms with E-state index in [0.717, 1.165) is 5.69 Å². The zero-order valence-electron chi connectivity index (χ0n) is 12.3. The summed E-state index contributed by atoms with van der Waals surface area (Å²) in [7, 11) is 1.86. The SMILES string of the molecule is C/C=C\C(/C=C(\C#N)N(C)c1ccccc1)C(O)CC. The molecule has 106 valence electrons. The first-order valence-electron chi connectivity index (χ1n) is 6.85. The third kappa shape index (κ3) is 4.25. The minimum absolute atomic E-state index is 0.147. The third-order valence-electron chi connectivity index (χ3n) is 3.25. The van der Waals surface area contributed by atoms with Crippen LogP contribution in [0.5, 0.6) is 0 Å². The van der Waals surface area contributed by atoms with E-state index in [2.05, 4.69) is 6.07 Å². The molecular weight excluding hydrogens is 248 g/mol. The number of para-hydroxylation sites is 1. The Kier molecular flexibility index (Phi) is 6.55. The van der Waals surface area contributed by atoms with Gasteiger partial charge in [-0.15, -0.1) is 0 Å². The van der Waals surface area contributed by atoms with Crippen molar-refractivity contribution in [3.05, 3.63) is 54.3 Å². The molecule has 0 radical (unpaired) electrons. The number of aliphatic hydroxyl groups excluding tert-OH is 1. The Morgan fingerprint density at radius 1 is 1.40 bits per heavy atom. The molecule has 0 aliphatic rings. The van der Waals surface area contributed by atoms with E-state index in [1.54, 1.807) is 0 Å². The number of hydrogen-bond acceptors (Lipinski definition) is 3. The molecule has 0 saturated carbocycles. The van der Waals surface area contributed by atoms with Crippen LogP contribution >= 0.6 is 0 Å². The minimum atomic E-state index is -0.473. The number of allylic oxidation sites excluding steroid dienone is 2. The first-order chi connectivity index (χ1) is 9.63. The summed E-state index contributed by atoms with van der Waals surface area (Å²) < 4.78 is 0. The van der Waals surface area contributed by atoms with Crippen molar-refractivity contribution in [2.45, 2.75) is 26.4 Å². The van der Waals surface area contributed by atoms with Gasteiger partial charge in [0, 0.05) is 18.7 Å². The van der Waals surface area contributed by atoms with Gasteiger partial charge < -0.3 is 10.0 Å². The molecule has 0 aliphatic carbocycles. The van der Waals surface area contributed by atoms with Gasteiger partial charge in [-0.05, 0) is 31.6 Å². The molecular formula is C17H22N2O. The molecule has 0 aliphatic heterocycles. The van der Waals surface area contributed by atoms with Gasteiger partial charge in [-0.25, -0.2) is 0 Å². The van der Waals surface area contributed by atoms with E-state index in [0.29, 0.717) is 12.1 Å². The highest BCUT2D eigenvalue weighted by Gasteiger charge is 2.15. The van der Waals surface area contributed by atoms with E-state index in [9.17, 15) is 10.4 Å². The van der Waals surface area contributed by atoms with Gasteiger partial charge >= 0.3 is 0 Å². The molecule has 0 saturated heterocycles. The summed E-state index contributed by atoms with van der Waals surface area (Å²) in [5.74, 6) is -0.147. The lowest BCUT2D eigenvalue weighted by atomic mass is 9.98. The Bertz CT molecular complexity index is 499. The average molecular weight is 270 g/mol. The van der Waals surface area contributed by atoms with Gasteiger partial charge in [-0.1, -0.05) is 37.3 Å². The third-order valence-corrected chi connectivity index (χ3v) is 3.25. The molecule has 0 fully saturated rings. The maximum atomic E-state index is 10.0. The van der Waals surface area contributed by atoms with Gasteiger partial charge in [-0.3, -0.25) is 0 Å². The van der Waals surface area contributed by atoms with Crippen LogP contribution in [-0.2, 0) is 0 Å². The number of nitriles is 1. The van der Waals surface area contributed by atoms with Crippen molar-refractivity contribution in [1.29, 1.82) is 5.26 Å². The van der Waals surface area contributed by atoms with Gasteiger partial charge in [0.1, 0.15) is 11.8 Å². The Hall–Kier alpha value is -2.05. The fourth-order valence-corrected chi connectivity index (χ4v) is 1.99. The summed E-state index contributed by atoms with van der Waals surface area (Å²) in [6.07, 6.45) is 5.82. The number of aliphatic hydroxyl groups is 1. The molecule has 0 bridgehead atoms. The fraction of sp³-hybridized carbons (Fsp3) is 0.353. The highest BCUT2D eigenvalue weighted by Crippen LogP contribution is 2.20. The molecule has 0 aromatic heterocycles. The van der Waals surface area contributed by atoms with E-state index in [4.69, 9.17) is 0 Å². The van der Waals surface area contributed by atoms with Gasteiger partial charge in [0.2, 0.25) is 0 Å². The van der Waals surface area contributed by atoms with E-state index >= 15 is 0 Å². The van der Waals surface area contributed by atoms with Crippen LogP contribution < -0.4 is 4.90 Å². The molecule has 1 N–H and O–H groups in total. The summed E-state index contributed by atoms with van der Waals surface area (Å²) in [6, 6.07) is 11.9. The molecule has 3 nitrogen and oxygen atoms in total. The molecule has 0 amide bonds.